The molecule has 0 N–H and O–H groups in total. The molecule has 2 aromatic heterocycles. The summed E-state index contributed by atoms with van der Waals surface area (Å²) in [6.45, 7) is 27.3. The maximum Gasteiger partial charge on any atom is 0.135 e. The summed E-state index contributed by atoms with van der Waals surface area (Å²) in [4.78, 5) is 9.59. The van der Waals surface area contributed by atoms with Crippen molar-refractivity contribution in [2.45, 2.75) is 104 Å². The first-order valence-electron chi connectivity index (χ1n) is 25.2. The van der Waals surface area contributed by atoms with Gasteiger partial charge in [-0.1, -0.05) is 185 Å². The van der Waals surface area contributed by atoms with Gasteiger partial charge >= 0.3 is 0 Å². The zero-order valence-electron chi connectivity index (χ0n) is 43.5. The Hall–Kier alpha value is -6.68. The van der Waals surface area contributed by atoms with Gasteiger partial charge in [-0.15, -0.1) is 48.1 Å². The van der Waals surface area contributed by atoms with E-state index < -0.39 is 0 Å². The summed E-state index contributed by atoms with van der Waals surface area (Å²) in [5.74, 6) is 2.68. The topological polar surface area (TPSA) is 33.5 Å². The number of nitrogens with zero attached hydrogens (tertiary/aromatic N) is 4. The maximum atomic E-state index is 6.80. The van der Waals surface area contributed by atoms with Gasteiger partial charge in [-0.3, -0.25) is 0 Å². The average Bonchev–Trinajstić information content (AvgIpc) is 3.96. The Bertz CT molecular complexity index is 3400. The van der Waals surface area contributed by atoms with Crippen molar-refractivity contribution in [3.63, 3.8) is 0 Å². The third-order valence-corrected chi connectivity index (χ3v) is 14.7. The fourth-order valence-electron chi connectivity index (χ4n) is 10.3. The molecule has 0 atom stereocenters. The van der Waals surface area contributed by atoms with Crippen LogP contribution in [0, 0.1) is 18.8 Å². The molecule has 0 fully saturated rings. The minimum absolute atomic E-state index is 0. The molecule has 0 unspecified atom stereocenters. The Labute approximate surface area is 442 Å². The van der Waals surface area contributed by atoms with Crippen molar-refractivity contribution in [2.75, 3.05) is 9.80 Å². The molecule has 6 heteroatoms. The van der Waals surface area contributed by atoms with Crippen molar-refractivity contribution in [1.82, 2.24) is 9.55 Å². The predicted octanol–water partition coefficient (Wildman–Crippen LogP) is 17.2. The van der Waals surface area contributed by atoms with Gasteiger partial charge in [0.25, 0.3) is 0 Å². The Balaban J connectivity index is 0.00000640. The molecule has 368 valence electrons. The smallest absolute Gasteiger partial charge is 0.135 e. The van der Waals surface area contributed by atoms with Crippen LogP contribution in [-0.2, 0) is 37.3 Å². The number of rotatable bonds is 12. The molecule has 1 aliphatic rings. The molecule has 72 heavy (non-hydrogen) atoms. The van der Waals surface area contributed by atoms with Gasteiger partial charge in [0.15, 0.2) is 0 Å². The number of hydrogen-bond donors (Lipinski definition) is 0. The Morgan fingerprint density at radius 2 is 1.14 bits per heavy atom. The average molecular weight is 1130 g/mol. The Morgan fingerprint density at radius 1 is 0.542 bits per heavy atom. The molecule has 0 radical (unpaired) electrons. The summed E-state index contributed by atoms with van der Waals surface area (Å²) in [7, 11) is 0. The number of fused-ring (bicyclic) bond motifs is 3. The minimum Gasteiger partial charge on any atom is -0.509 e. The van der Waals surface area contributed by atoms with Crippen LogP contribution in [-0.4, -0.2) is 9.55 Å². The van der Waals surface area contributed by atoms with Crippen LogP contribution >= 0.6 is 0 Å². The van der Waals surface area contributed by atoms with E-state index in [0.29, 0.717) is 23.3 Å². The van der Waals surface area contributed by atoms with Gasteiger partial charge in [-0.2, -0.15) is 12.1 Å². The molecule has 7 aromatic carbocycles. The van der Waals surface area contributed by atoms with E-state index in [1.807, 2.05) is 24.4 Å². The molecule has 1 aliphatic heterocycles. The molecule has 0 saturated carbocycles. The van der Waals surface area contributed by atoms with Crippen LogP contribution in [0.4, 0.5) is 11.4 Å². The summed E-state index contributed by atoms with van der Waals surface area (Å²) in [6.07, 6.45) is 4.19. The van der Waals surface area contributed by atoms with Gasteiger partial charge in [0, 0.05) is 72.1 Å². The summed E-state index contributed by atoms with van der Waals surface area (Å²) < 4.78 is 9.05. The maximum absolute atomic E-state index is 6.80. The second-order valence-corrected chi connectivity index (χ2v) is 21.9. The van der Waals surface area contributed by atoms with Crippen molar-refractivity contribution in [1.29, 1.82) is 0 Å². The number of hydrogen-bond acceptors (Lipinski definition) is 4. The molecule has 5 nitrogen and oxygen atoms in total. The SMILES string of the molecule is CC(C)c1cccc(C(C)C)c1C1=CN(c2[c-]c(Oc3[c-]c4c(cc3)c3cc(C(C)(C)c5ccccc5)ccc3n4-c3cc(C(C)(C)c4ccccc4)ccn3)ccc2)[CH-]N1c1cccc(C(C)(C)C)c1.[Pt]. The molecule has 0 spiro atoms. The molecule has 10 rings (SSSR count). The van der Waals surface area contributed by atoms with Crippen LogP contribution in [0.25, 0.3) is 33.3 Å². The van der Waals surface area contributed by atoms with Gasteiger partial charge in [-0.05, 0) is 98.1 Å². The van der Waals surface area contributed by atoms with Crippen LogP contribution in [0.15, 0.2) is 176 Å². The first-order chi connectivity index (χ1) is 34.0. The fourth-order valence-corrected chi connectivity index (χ4v) is 10.3. The molecule has 0 saturated heterocycles. The predicted molar refractivity (Wildman–Crippen MR) is 297 cm³/mol. The van der Waals surface area contributed by atoms with Crippen LogP contribution in [0.1, 0.15) is 133 Å². The van der Waals surface area contributed by atoms with Crippen molar-refractivity contribution in [3.05, 3.63) is 239 Å². The summed E-state index contributed by atoms with van der Waals surface area (Å²) in [5.41, 5.74) is 14.7. The first kappa shape index (κ1) is 50.3. The molecule has 3 heterocycles. The minimum atomic E-state index is -0.256. The van der Waals surface area contributed by atoms with E-state index in [1.54, 1.807) is 0 Å². The van der Waals surface area contributed by atoms with Crippen LogP contribution in [0.2, 0.25) is 0 Å². The molecule has 0 aliphatic carbocycles. The van der Waals surface area contributed by atoms with Crippen molar-refractivity contribution >= 4 is 38.9 Å². The molecule has 0 bridgehead atoms. The first-order valence-corrected chi connectivity index (χ1v) is 25.2. The second kappa shape index (κ2) is 19.7. The third kappa shape index (κ3) is 9.45. The van der Waals surface area contributed by atoms with E-state index in [1.165, 1.54) is 44.5 Å². The second-order valence-electron chi connectivity index (χ2n) is 21.9. The number of anilines is 2. The van der Waals surface area contributed by atoms with Crippen LogP contribution in [0.3, 0.4) is 0 Å². The Morgan fingerprint density at radius 3 is 1.78 bits per heavy atom. The van der Waals surface area contributed by atoms with Gasteiger partial charge in [0.1, 0.15) is 5.82 Å². The molecule has 9 aromatic rings. The zero-order valence-corrected chi connectivity index (χ0v) is 45.8. The quantitative estimate of drug-likeness (QED) is 0.114. The van der Waals surface area contributed by atoms with Gasteiger partial charge in [0.05, 0.1) is 0 Å². The summed E-state index contributed by atoms with van der Waals surface area (Å²) in [6, 6.07) is 66.1. The van der Waals surface area contributed by atoms with Crippen molar-refractivity contribution in [3.8, 4) is 17.3 Å². The van der Waals surface area contributed by atoms with Crippen LogP contribution in [0.5, 0.6) is 11.5 Å². The van der Waals surface area contributed by atoms with E-state index in [9.17, 15) is 0 Å². The largest absolute Gasteiger partial charge is 0.509 e. The number of aromatic nitrogens is 2. The van der Waals surface area contributed by atoms with Crippen molar-refractivity contribution in [2.24, 2.45) is 0 Å². The molecule has 0 amide bonds. The van der Waals surface area contributed by atoms with Crippen LogP contribution < -0.4 is 14.5 Å². The van der Waals surface area contributed by atoms with Gasteiger partial charge in [-0.25, -0.2) is 4.98 Å². The Kier molecular flexibility index (Phi) is 13.8. The fraction of sp³-hybridized carbons (Fsp3) is 0.242. The number of pyridine rings is 1. The van der Waals surface area contributed by atoms with E-state index >= 15 is 0 Å². The van der Waals surface area contributed by atoms with Crippen molar-refractivity contribution < 1.29 is 25.8 Å². The third-order valence-electron chi connectivity index (χ3n) is 14.7. The summed E-state index contributed by atoms with van der Waals surface area (Å²) in [5, 5.41) is 2.21. The monoisotopic (exact) mass is 1120 g/mol. The standard InChI is InChI=1S/C66H65N4O.Pt/c1-44(2)55-29-20-30-56(45(3)4)63(55)61-42-68(43-69(61)52-27-18-25-48(37-52)64(5,6)7)51-26-19-28-53(40-51)71-54-32-33-57-58-38-49(65(8,9)46-21-14-12-15-22-46)31-34-59(58)70(60(57)41-54)62-39-50(35-36-67-62)66(10,11)47-23-16-13-17-24-47;/h12-39,42-45H,1-11H3;/q-3;. The van der Waals surface area contributed by atoms with E-state index in [0.717, 1.165) is 44.7 Å². The van der Waals surface area contributed by atoms with E-state index in [2.05, 4.69) is 261 Å². The molecular formula is C66H65N4OPt-3. The van der Waals surface area contributed by atoms with Gasteiger partial charge in [0.2, 0.25) is 0 Å². The van der Waals surface area contributed by atoms with E-state index in [4.69, 9.17) is 9.72 Å². The number of ether oxygens (including phenoxy) is 1. The molecular weight excluding hydrogens is 1060 g/mol. The summed E-state index contributed by atoms with van der Waals surface area (Å²) >= 11 is 0. The number of benzene rings is 7. The van der Waals surface area contributed by atoms with E-state index in [-0.39, 0.29) is 37.3 Å². The zero-order chi connectivity index (χ0) is 49.8. The van der Waals surface area contributed by atoms with Gasteiger partial charge < -0.3 is 19.1 Å². The normalized spacial score (nSPS) is 13.3.